The van der Waals surface area contributed by atoms with Crippen molar-refractivity contribution < 1.29 is 14.2 Å². The van der Waals surface area contributed by atoms with Crippen molar-refractivity contribution in [3.63, 3.8) is 0 Å². The van der Waals surface area contributed by atoms with E-state index in [1.165, 1.54) is 11.1 Å². The van der Waals surface area contributed by atoms with Crippen LogP contribution >= 0.6 is 0 Å². The van der Waals surface area contributed by atoms with Crippen molar-refractivity contribution in [1.29, 1.82) is 0 Å². The van der Waals surface area contributed by atoms with Gasteiger partial charge in [-0.15, -0.1) is 0 Å². The molecule has 0 spiro atoms. The van der Waals surface area contributed by atoms with Crippen LogP contribution in [0.2, 0.25) is 0 Å². The highest BCUT2D eigenvalue weighted by atomic mass is 16.5. The van der Waals surface area contributed by atoms with E-state index in [1.54, 1.807) is 7.11 Å². The summed E-state index contributed by atoms with van der Waals surface area (Å²) < 4.78 is 16.7. The van der Waals surface area contributed by atoms with Gasteiger partial charge in [0, 0.05) is 37.1 Å². The van der Waals surface area contributed by atoms with Gasteiger partial charge in [0.2, 0.25) is 5.95 Å². The number of hydrogen-bond acceptors (Lipinski definition) is 7. The van der Waals surface area contributed by atoms with Crippen LogP contribution in [0.3, 0.4) is 0 Å². The molecule has 1 fully saturated rings. The summed E-state index contributed by atoms with van der Waals surface area (Å²) in [5, 5.41) is 3.32. The van der Waals surface area contributed by atoms with E-state index in [-0.39, 0.29) is 0 Å². The summed E-state index contributed by atoms with van der Waals surface area (Å²) in [6, 6.07) is 14.1. The third kappa shape index (κ3) is 4.69. The maximum atomic E-state index is 5.90. The monoisotopic (exact) mass is 432 g/mol. The van der Waals surface area contributed by atoms with Gasteiger partial charge in [-0.3, -0.25) is 4.90 Å². The van der Waals surface area contributed by atoms with Gasteiger partial charge in [-0.05, 0) is 60.4 Å². The van der Waals surface area contributed by atoms with Crippen molar-refractivity contribution in [3.8, 4) is 22.8 Å². The Hall–Kier alpha value is -3.16. The second-order valence-electron chi connectivity index (χ2n) is 8.04. The number of morpholine rings is 1. The first-order valence-electron chi connectivity index (χ1n) is 11.1. The van der Waals surface area contributed by atoms with Crippen LogP contribution in [0.25, 0.3) is 11.3 Å². The lowest BCUT2D eigenvalue weighted by Gasteiger charge is -2.26. The van der Waals surface area contributed by atoms with Gasteiger partial charge in [0.25, 0.3) is 0 Å². The van der Waals surface area contributed by atoms with Gasteiger partial charge in [0.1, 0.15) is 18.1 Å². The second kappa shape index (κ2) is 9.54. The first kappa shape index (κ1) is 20.7. The molecule has 0 atom stereocenters. The normalized spacial score (nSPS) is 15.5. The van der Waals surface area contributed by atoms with Crippen LogP contribution in [0.15, 0.2) is 48.7 Å². The van der Waals surface area contributed by atoms with Gasteiger partial charge in [-0.2, -0.15) is 0 Å². The smallest absolute Gasteiger partial charge is 0.227 e. The number of anilines is 2. The number of methoxy groups -OCH3 is 1. The number of hydrogen-bond donors (Lipinski definition) is 1. The minimum absolute atomic E-state index is 0.584. The molecule has 1 aliphatic heterocycles. The molecule has 0 amide bonds. The van der Waals surface area contributed by atoms with E-state index in [1.807, 2.05) is 36.5 Å². The molecule has 7 nitrogen and oxygen atoms in total. The van der Waals surface area contributed by atoms with Crippen molar-refractivity contribution in [2.75, 3.05) is 51.9 Å². The largest absolute Gasteiger partial charge is 0.497 e. The molecule has 1 aromatic heterocycles. The van der Waals surface area contributed by atoms with E-state index in [0.717, 1.165) is 74.1 Å². The van der Waals surface area contributed by atoms with Crippen molar-refractivity contribution in [2.24, 2.45) is 0 Å². The van der Waals surface area contributed by atoms with Crippen molar-refractivity contribution in [1.82, 2.24) is 14.9 Å². The fourth-order valence-corrected chi connectivity index (χ4v) is 4.15. The fraction of sp³-hybridized carbons (Fsp3) is 0.360. The Labute approximate surface area is 188 Å². The van der Waals surface area contributed by atoms with Crippen LogP contribution in [0.1, 0.15) is 11.1 Å². The first-order chi connectivity index (χ1) is 15.8. The lowest BCUT2D eigenvalue weighted by molar-refractivity contribution is 0.0322. The van der Waals surface area contributed by atoms with Crippen molar-refractivity contribution >= 4 is 11.6 Å². The van der Waals surface area contributed by atoms with Crippen molar-refractivity contribution in [2.45, 2.75) is 12.8 Å². The topological polar surface area (TPSA) is 68.7 Å². The van der Waals surface area contributed by atoms with Crippen molar-refractivity contribution in [3.05, 3.63) is 59.8 Å². The molecule has 0 unspecified atom stereocenters. The van der Waals surface area contributed by atoms with E-state index in [0.29, 0.717) is 12.6 Å². The molecule has 0 radical (unpaired) electrons. The zero-order chi connectivity index (χ0) is 21.8. The molecular formula is C25H28N4O3. The van der Waals surface area contributed by atoms with Crippen LogP contribution in [0.5, 0.6) is 11.5 Å². The van der Waals surface area contributed by atoms with E-state index in [9.17, 15) is 0 Å². The molecule has 1 aliphatic carbocycles. The summed E-state index contributed by atoms with van der Waals surface area (Å²) >= 11 is 0. The van der Waals surface area contributed by atoms with E-state index >= 15 is 0 Å². The molecule has 2 aromatic carbocycles. The highest BCUT2D eigenvalue weighted by Gasteiger charge is 2.19. The van der Waals surface area contributed by atoms with Gasteiger partial charge >= 0.3 is 0 Å². The summed E-state index contributed by atoms with van der Waals surface area (Å²) in [6.07, 6.45) is 3.87. The number of rotatable bonds is 7. The number of aryl methyl sites for hydroxylation is 2. The molecule has 0 saturated carbocycles. The predicted octanol–water partition coefficient (Wildman–Crippen LogP) is 3.71. The average Bonchev–Trinajstić information content (AvgIpc) is 2.85. The zero-order valence-corrected chi connectivity index (χ0v) is 18.3. The van der Waals surface area contributed by atoms with Gasteiger partial charge in [-0.25, -0.2) is 9.97 Å². The molecule has 1 N–H and O–H groups in total. The summed E-state index contributed by atoms with van der Waals surface area (Å²) in [5.41, 5.74) is 5.49. The van der Waals surface area contributed by atoms with Gasteiger partial charge in [0.05, 0.1) is 26.0 Å². The fourth-order valence-electron chi connectivity index (χ4n) is 4.15. The average molecular weight is 433 g/mol. The highest BCUT2D eigenvalue weighted by Crippen LogP contribution is 2.35. The lowest BCUT2D eigenvalue weighted by atomic mass is 9.90. The maximum absolute atomic E-state index is 5.90. The Bertz CT molecular complexity index is 1070. The molecule has 166 valence electrons. The molecule has 0 bridgehead atoms. The second-order valence-corrected chi connectivity index (χ2v) is 8.04. The minimum atomic E-state index is 0.584. The zero-order valence-electron chi connectivity index (χ0n) is 18.3. The number of nitrogens with zero attached hydrogens (tertiary/aromatic N) is 3. The Morgan fingerprint density at radius 2 is 1.78 bits per heavy atom. The SMILES string of the molecule is COc1ccc2c(c1)-c1nc(Nc3ccc(OCCN4CCOCC4)cc3)ncc1CC2. The number of fused-ring (bicyclic) bond motifs is 3. The lowest BCUT2D eigenvalue weighted by Crippen LogP contribution is -2.38. The van der Waals surface area contributed by atoms with E-state index in [4.69, 9.17) is 19.2 Å². The summed E-state index contributed by atoms with van der Waals surface area (Å²) in [6.45, 7) is 5.16. The third-order valence-electron chi connectivity index (χ3n) is 5.99. The van der Waals surface area contributed by atoms with Crippen LogP contribution in [0, 0.1) is 0 Å². The van der Waals surface area contributed by atoms with Gasteiger partial charge in [0.15, 0.2) is 0 Å². The highest BCUT2D eigenvalue weighted by molar-refractivity contribution is 5.72. The van der Waals surface area contributed by atoms with E-state index < -0.39 is 0 Å². The Morgan fingerprint density at radius 1 is 1.00 bits per heavy atom. The van der Waals surface area contributed by atoms with Crippen LogP contribution < -0.4 is 14.8 Å². The molecular weight excluding hydrogens is 404 g/mol. The molecule has 2 aliphatic rings. The molecule has 3 aromatic rings. The summed E-state index contributed by atoms with van der Waals surface area (Å²) in [5.74, 6) is 2.28. The van der Waals surface area contributed by atoms with Gasteiger partial charge < -0.3 is 19.5 Å². The van der Waals surface area contributed by atoms with Gasteiger partial charge in [-0.1, -0.05) is 6.07 Å². The third-order valence-corrected chi connectivity index (χ3v) is 5.99. The molecule has 2 heterocycles. The first-order valence-corrected chi connectivity index (χ1v) is 11.1. The Kier molecular flexibility index (Phi) is 6.18. The summed E-state index contributed by atoms with van der Waals surface area (Å²) in [4.78, 5) is 11.7. The summed E-state index contributed by atoms with van der Waals surface area (Å²) in [7, 11) is 1.69. The number of benzene rings is 2. The Balaban J connectivity index is 1.24. The molecule has 5 rings (SSSR count). The maximum Gasteiger partial charge on any atom is 0.227 e. The molecule has 7 heteroatoms. The van der Waals surface area contributed by atoms with Crippen LogP contribution in [-0.2, 0) is 17.6 Å². The predicted molar refractivity (Wildman–Crippen MR) is 124 cm³/mol. The molecule has 32 heavy (non-hydrogen) atoms. The number of aromatic nitrogens is 2. The van der Waals surface area contributed by atoms with E-state index in [2.05, 4.69) is 27.3 Å². The van der Waals surface area contributed by atoms with Crippen LogP contribution in [-0.4, -0.2) is 61.4 Å². The number of ether oxygens (including phenoxy) is 3. The van der Waals surface area contributed by atoms with Crippen LogP contribution in [0.4, 0.5) is 11.6 Å². The minimum Gasteiger partial charge on any atom is -0.497 e. The molecule has 1 saturated heterocycles. The quantitative estimate of drug-likeness (QED) is 0.610. The Morgan fingerprint density at radius 3 is 2.59 bits per heavy atom. The standard InChI is InChI=1S/C25H28N4O3/c1-30-22-7-4-18-2-3-19-17-26-25(28-24(19)23(18)16-22)27-20-5-8-21(9-6-20)32-15-12-29-10-13-31-14-11-29/h4-9,16-17H,2-3,10-15H2,1H3,(H,26,27,28). The number of nitrogens with one attached hydrogen (secondary N) is 1.